The third kappa shape index (κ3) is 1.44. The van der Waals surface area contributed by atoms with Crippen LogP contribution in [0.1, 0.15) is 25.8 Å². The molecule has 0 unspecified atom stereocenters. The molecule has 1 aromatic carbocycles. The van der Waals surface area contributed by atoms with Gasteiger partial charge in [0.1, 0.15) is 0 Å². The lowest BCUT2D eigenvalue weighted by atomic mass is 9.78. The summed E-state index contributed by atoms with van der Waals surface area (Å²) in [4.78, 5) is 2.43. The molecular weight excluding hydrogens is 208 g/mol. The molecule has 3 rings (SSSR count). The van der Waals surface area contributed by atoms with Gasteiger partial charge in [0, 0.05) is 12.2 Å². The van der Waals surface area contributed by atoms with Crippen LogP contribution < -0.4 is 5.32 Å². The van der Waals surface area contributed by atoms with Crippen LogP contribution in [-0.4, -0.2) is 24.7 Å². The predicted molar refractivity (Wildman–Crippen MR) is 72.2 cm³/mol. The summed E-state index contributed by atoms with van der Waals surface area (Å²) in [6.07, 6.45) is 4.10. The minimum atomic E-state index is 0.185. The lowest BCUT2D eigenvalue weighted by Crippen LogP contribution is -2.40. The lowest BCUT2D eigenvalue weighted by Gasteiger charge is -2.29. The van der Waals surface area contributed by atoms with Crippen LogP contribution in [0.2, 0.25) is 0 Å². The molecule has 1 aromatic rings. The van der Waals surface area contributed by atoms with Crippen LogP contribution in [0.4, 0.5) is 5.69 Å². The van der Waals surface area contributed by atoms with Gasteiger partial charge in [-0.3, -0.25) is 4.90 Å². The molecule has 0 aromatic heterocycles. The Morgan fingerprint density at radius 3 is 2.94 bits per heavy atom. The Labute approximate surface area is 103 Å². The smallest absolute Gasteiger partial charge is 0.0926 e. The van der Waals surface area contributed by atoms with Crippen molar-refractivity contribution < 1.29 is 0 Å². The molecule has 2 aliphatic heterocycles. The maximum absolute atomic E-state index is 3.67. The van der Waals surface area contributed by atoms with Gasteiger partial charge in [-0.1, -0.05) is 29.8 Å². The summed E-state index contributed by atoms with van der Waals surface area (Å²) < 4.78 is 0. The van der Waals surface area contributed by atoms with Crippen molar-refractivity contribution in [2.45, 2.75) is 31.8 Å². The number of nitrogens with zero attached hydrogens (tertiary/aromatic N) is 1. The average Bonchev–Trinajstić information content (AvgIpc) is 2.75. The molecule has 17 heavy (non-hydrogen) atoms. The maximum Gasteiger partial charge on any atom is 0.0926 e. The highest BCUT2D eigenvalue weighted by atomic mass is 15.3. The Morgan fingerprint density at radius 1 is 1.41 bits per heavy atom. The largest absolute Gasteiger partial charge is 0.368 e. The first-order valence-electron chi connectivity index (χ1n) is 6.36. The van der Waals surface area contributed by atoms with Crippen molar-refractivity contribution >= 4 is 5.69 Å². The molecule has 0 spiro atoms. The van der Waals surface area contributed by atoms with E-state index in [2.05, 4.69) is 61.5 Å². The summed E-state index contributed by atoms with van der Waals surface area (Å²) >= 11 is 0. The first-order valence-corrected chi connectivity index (χ1v) is 6.36. The van der Waals surface area contributed by atoms with Crippen molar-refractivity contribution in [1.29, 1.82) is 0 Å². The minimum absolute atomic E-state index is 0.185. The Morgan fingerprint density at radius 2 is 2.18 bits per heavy atom. The second-order valence-corrected chi connectivity index (χ2v) is 5.59. The second kappa shape index (κ2) is 3.61. The predicted octanol–water partition coefficient (Wildman–Crippen LogP) is 2.98. The van der Waals surface area contributed by atoms with Gasteiger partial charge >= 0.3 is 0 Å². The fourth-order valence-corrected chi connectivity index (χ4v) is 3.45. The van der Waals surface area contributed by atoms with E-state index < -0.39 is 0 Å². The number of para-hydroxylation sites is 1. The van der Waals surface area contributed by atoms with E-state index in [1.807, 2.05) is 0 Å². The highest BCUT2D eigenvalue weighted by Gasteiger charge is 2.50. The minimum Gasteiger partial charge on any atom is -0.368 e. The van der Waals surface area contributed by atoms with Crippen LogP contribution in [-0.2, 0) is 5.41 Å². The van der Waals surface area contributed by atoms with Gasteiger partial charge in [-0.05, 0) is 38.9 Å². The third-order valence-corrected chi connectivity index (χ3v) is 4.07. The molecule has 1 saturated heterocycles. The molecule has 2 aliphatic rings. The number of likely N-dealkylation sites (N-methyl/N-ethyl adjacent to an activating group) is 1. The molecule has 0 bridgehead atoms. The fraction of sp³-hybridized carbons (Fsp3) is 0.467. The van der Waals surface area contributed by atoms with Crippen molar-refractivity contribution in [2.24, 2.45) is 0 Å². The molecule has 0 aliphatic carbocycles. The van der Waals surface area contributed by atoms with E-state index in [9.17, 15) is 0 Å². The average molecular weight is 228 g/mol. The summed E-state index contributed by atoms with van der Waals surface area (Å²) in [7, 11) is 2.21. The first-order chi connectivity index (χ1) is 8.13. The van der Waals surface area contributed by atoms with Crippen molar-refractivity contribution in [3.05, 3.63) is 41.5 Å². The molecular formula is C15H20N2. The van der Waals surface area contributed by atoms with Crippen molar-refractivity contribution in [3.63, 3.8) is 0 Å². The summed E-state index contributed by atoms with van der Waals surface area (Å²) in [6.45, 7) is 5.56. The molecule has 2 atom stereocenters. The number of fused-ring (bicyclic) bond motifs is 3. The fourth-order valence-electron chi connectivity index (χ4n) is 3.45. The van der Waals surface area contributed by atoms with Gasteiger partial charge in [-0.2, -0.15) is 0 Å². The maximum atomic E-state index is 3.67. The van der Waals surface area contributed by atoms with Gasteiger partial charge in [0.2, 0.25) is 0 Å². The molecule has 1 N–H and O–H groups in total. The summed E-state index contributed by atoms with van der Waals surface area (Å²) in [5, 5.41) is 3.67. The van der Waals surface area contributed by atoms with Crippen LogP contribution in [0.15, 0.2) is 35.9 Å². The number of likely N-dealkylation sites (tertiary alicyclic amines) is 1. The number of hydrogen-bond acceptors (Lipinski definition) is 2. The Hall–Kier alpha value is -1.28. The van der Waals surface area contributed by atoms with Crippen molar-refractivity contribution in [3.8, 4) is 0 Å². The van der Waals surface area contributed by atoms with Crippen LogP contribution in [0.5, 0.6) is 0 Å². The van der Waals surface area contributed by atoms with E-state index in [4.69, 9.17) is 0 Å². The lowest BCUT2D eigenvalue weighted by molar-refractivity contribution is 0.311. The zero-order chi connectivity index (χ0) is 12.0. The van der Waals surface area contributed by atoms with E-state index in [1.165, 1.54) is 23.2 Å². The van der Waals surface area contributed by atoms with E-state index in [1.54, 1.807) is 0 Å². The monoisotopic (exact) mass is 228 g/mol. The zero-order valence-electron chi connectivity index (χ0n) is 10.8. The summed E-state index contributed by atoms with van der Waals surface area (Å²) in [6, 6.07) is 8.74. The zero-order valence-corrected chi connectivity index (χ0v) is 10.8. The number of nitrogens with one attached hydrogen (secondary N) is 1. The van der Waals surface area contributed by atoms with Crippen LogP contribution >= 0.6 is 0 Å². The van der Waals surface area contributed by atoms with Crippen LogP contribution in [0, 0.1) is 0 Å². The number of rotatable bonds is 1. The quantitative estimate of drug-likeness (QED) is 0.743. The standard InChI is InChI=1S/C15H20N2/c1-11(2)10-15-8-9-17(3)14(15)16-13-7-5-4-6-12(13)15/h4-7,10,14,16H,8-9H2,1-3H3/t14-,15+/m0/s1. The third-order valence-electron chi connectivity index (χ3n) is 4.07. The van der Waals surface area contributed by atoms with Crippen molar-refractivity contribution in [2.75, 3.05) is 18.9 Å². The highest BCUT2D eigenvalue weighted by Crippen LogP contribution is 2.49. The number of benzene rings is 1. The van der Waals surface area contributed by atoms with Crippen LogP contribution in [0.25, 0.3) is 0 Å². The Balaban J connectivity index is 2.17. The highest BCUT2D eigenvalue weighted by molar-refractivity contribution is 5.64. The number of allylic oxidation sites excluding steroid dienone is 1. The topological polar surface area (TPSA) is 15.3 Å². The van der Waals surface area contributed by atoms with Crippen molar-refractivity contribution in [1.82, 2.24) is 4.90 Å². The van der Waals surface area contributed by atoms with Gasteiger partial charge in [-0.15, -0.1) is 0 Å². The van der Waals surface area contributed by atoms with E-state index in [-0.39, 0.29) is 5.41 Å². The van der Waals surface area contributed by atoms with E-state index >= 15 is 0 Å². The molecule has 2 nitrogen and oxygen atoms in total. The van der Waals surface area contributed by atoms with Gasteiger partial charge < -0.3 is 5.32 Å². The molecule has 2 heteroatoms. The number of hydrogen-bond donors (Lipinski definition) is 1. The second-order valence-electron chi connectivity index (χ2n) is 5.59. The Kier molecular flexibility index (Phi) is 2.30. The van der Waals surface area contributed by atoms with Gasteiger partial charge in [-0.25, -0.2) is 0 Å². The van der Waals surface area contributed by atoms with Gasteiger partial charge in [0.05, 0.1) is 11.6 Å². The van der Waals surface area contributed by atoms with Gasteiger partial charge in [0.15, 0.2) is 0 Å². The van der Waals surface area contributed by atoms with Crippen LogP contribution in [0.3, 0.4) is 0 Å². The molecule has 0 amide bonds. The summed E-state index contributed by atoms with van der Waals surface area (Å²) in [5.74, 6) is 0. The molecule has 0 radical (unpaired) electrons. The summed E-state index contributed by atoms with van der Waals surface area (Å²) in [5.41, 5.74) is 4.37. The molecule has 0 saturated carbocycles. The van der Waals surface area contributed by atoms with Gasteiger partial charge in [0.25, 0.3) is 0 Å². The normalized spacial score (nSPS) is 30.6. The van der Waals surface area contributed by atoms with E-state index in [0.717, 1.165) is 6.54 Å². The van der Waals surface area contributed by atoms with E-state index in [0.29, 0.717) is 6.17 Å². The molecule has 90 valence electrons. The number of anilines is 1. The first kappa shape index (κ1) is 10.8. The SMILES string of the molecule is CC(C)=C[C@@]12CCN(C)[C@@H]1Nc1ccccc12. The molecule has 1 fully saturated rings. The molecule has 2 heterocycles. The Bertz CT molecular complexity index is 474.